The summed E-state index contributed by atoms with van der Waals surface area (Å²) in [5.74, 6) is 0.203. The van der Waals surface area contributed by atoms with Gasteiger partial charge in [0.1, 0.15) is 0 Å². The van der Waals surface area contributed by atoms with Gasteiger partial charge in [-0.05, 0) is 24.3 Å². The molecule has 0 aromatic heterocycles. The first-order chi connectivity index (χ1) is 9.51. The molecule has 0 unspecified atom stereocenters. The summed E-state index contributed by atoms with van der Waals surface area (Å²) in [7, 11) is 0. The molecule has 20 heavy (non-hydrogen) atoms. The highest BCUT2D eigenvalue weighted by atomic mass is 79.9. The first kappa shape index (κ1) is 14.6. The average Bonchev–Trinajstić information content (AvgIpc) is 2.46. The third-order valence-corrected chi connectivity index (χ3v) is 5.57. The Morgan fingerprint density at radius 2 is 1.75 bits per heavy atom. The fourth-order valence-corrected chi connectivity index (χ4v) is 4.10. The number of halogens is 1. The van der Waals surface area contributed by atoms with E-state index in [2.05, 4.69) is 60.1 Å². The van der Waals surface area contributed by atoms with E-state index in [4.69, 9.17) is 9.47 Å². The second-order valence-electron chi connectivity index (χ2n) is 6.90. The molecule has 3 heteroatoms. The van der Waals surface area contributed by atoms with Crippen molar-refractivity contribution in [1.29, 1.82) is 0 Å². The molecule has 0 radical (unpaired) electrons. The Kier molecular flexibility index (Phi) is 3.95. The van der Waals surface area contributed by atoms with Gasteiger partial charge in [0, 0.05) is 11.8 Å². The second kappa shape index (κ2) is 5.43. The molecule has 110 valence electrons. The van der Waals surface area contributed by atoms with E-state index in [9.17, 15) is 0 Å². The van der Waals surface area contributed by atoms with Gasteiger partial charge in [0.15, 0.2) is 5.79 Å². The van der Waals surface area contributed by atoms with Crippen molar-refractivity contribution in [2.24, 2.45) is 5.41 Å². The van der Waals surface area contributed by atoms with Crippen LogP contribution in [0.2, 0.25) is 0 Å². The van der Waals surface area contributed by atoms with Gasteiger partial charge in [-0.1, -0.05) is 60.1 Å². The Morgan fingerprint density at radius 3 is 2.35 bits per heavy atom. The van der Waals surface area contributed by atoms with E-state index in [1.54, 1.807) is 0 Å². The van der Waals surface area contributed by atoms with Crippen molar-refractivity contribution < 1.29 is 9.47 Å². The predicted molar refractivity (Wildman–Crippen MR) is 84.2 cm³/mol. The molecule has 1 aromatic rings. The molecular weight excluding hydrogens is 316 g/mol. The van der Waals surface area contributed by atoms with Crippen LogP contribution in [0.4, 0.5) is 0 Å². The fraction of sp³-hybridized carbons (Fsp3) is 0.647. The summed E-state index contributed by atoms with van der Waals surface area (Å²) in [6.45, 7) is 5.95. The molecule has 1 spiro atoms. The zero-order valence-corrected chi connectivity index (χ0v) is 13.9. The van der Waals surface area contributed by atoms with Crippen molar-refractivity contribution in [3.63, 3.8) is 0 Å². The van der Waals surface area contributed by atoms with Gasteiger partial charge in [0.2, 0.25) is 0 Å². The molecule has 0 bridgehead atoms. The van der Waals surface area contributed by atoms with Crippen LogP contribution in [0.3, 0.4) is 0 Å². The largest absolute Gasteiger partial charge is 0.348 e. The van der Waals surface area contributed by atoms with Crippen molar-refractivity contribution in [1.82, 2.24) is 0 Å². The topological polar surface area (TPSA) is 18.5 Å². The molecule has 1 saturated carbocycles. The molecule has 2 fully saturated rings. The zero-order chi connectivity index (χ0) is 14.2. The van der Waals surface area contributed by atoms with E-state index in [0.717, 1.165) is 32.5 Å². The molecule has 2 nitrogen and oxygen atoms in total. The third-order valence-electron chi connectivity index (χ3n) is 4.50. The highest BCUT2D eigenvalue weighted by Gasteiger charge is 2.48. The van der Waals surface area contributed by atoms with Crippen LogP contribution in [-0.4, -0.2) is 23.8 Å². The number of hydrogen-bond acceptors (Lipinski definition) is 2. The number of alkyl halides is 1. The van der Waals surface area contributed by atoms with Crippen LogP contribution in [0.5, 0.6) is 0 Å². The lowest BCUT2D eigenvalue weighted by molar-refractivity contribution is -0.306. The first-order valence-corrected chi connectivity index (χ1v) is 8.39. The van der Waals surface area contributed by atoms with Crippen molar-refractivity contribution >= 4 is 15.9 Å². The van der Waals surface area contributed by atoms with Gasteiger partial charge < -0.3 is 9.47 Å². The van der Waals surface area contributed by atoms with Gasteiger partial charge in [-0.25, -0.2) is 0 Å². The summed E-state index contributed by atoms with van der Waals surface area (Å²) in [6.07, 6.45) is 3.18. The van der Waals surface area contributed by atoms with Crippen LogP contribution in [0.1, 0.15) is 44.6 Å². The highest BCUT2D eigenvalue weighted by Crippen LogP contribution is 2.47. The lowest BCUT2D eigenvalue weighted by atomic mass is 9.80. The molecule has 1 aliphatic heterocycles. The maximum absolute atomic E-state index is 6.15. The number of hydrogen-bond donors (Lipinski definition) is 0. The van der Waals surface area contributed by atoms with Crippen LogP contribution in [0, 0.1) is 5.41 Å². The van der Waals surface area contributed by atoms with E-state index < -0.39 is 5.79 Å². The van der Waals surface area contributed by atoms with E-state index in [0.29, 0.717) is 5.92 Å². The summed E-state index contributed by atoms with van der Waals surface area (Å²) in [6, 6.07) is 10.8. The Labute approximate surface area is 130 Å². The summed E-state index contributed by atoms with van der Waals surface area (Å²) in [4.78, 5) is 0.269. The van der Waals surface area contributed by atoms with Crippen LogP contribution >= 0.6 is 15.9 Å². The van der Waals surface area contributed by atoms with E-state index in [-0.39, 0.29) is 10.2 Å². The normalized spacial score (nSPS) is 32.1. The summed E-state index contributed by atoms with van der Waals surface area (Å²) in [5.41, 5.74) is 1.57. The van der Waals surface area contributed by atoms with Crippen LogP contribution in [-0.2, 0) is 9.47 Å². The Balaban J connectivity index is 1.69. The minimum absolute atomic E-state index is 0.133. The molecule has 1 saturated heterocycles. The maximum atomic E-state index is 6.15. The molecule has 2 aliphatic rings. The van der Waals surface area contributed by atoms with Crippen molar-refractivity contribution in [3.05, 3.63) is 35.9 Å². The maximum Gasteiger partial charge on any atom is 0.180 e. The molecule has 0 N–H and O–H groups in total. The standard InChI is InChI=1S/C17H23BrO2/c1-16(2)11-19-17(20-12-16)9-8-14(10-15(17)18)13-6-4-3-5-7-13/h3-7,14-15H,8-12H2,1-2H3/t14-,15-/m1/s1. The predicted octanol–water partition coefficient (Wildman–Crippen LogP) is 4.49. The third kappa shape index (κ3) is 2.81. The lowest BCUT2D eigenvalue weighted by Crippen LogP contribution is -2.54. The number of rotatable bonds is 1. The van der Waals surface area contributed by atoms with Gasteiger partial charge in [-0.3, -0.25) is 0 Å². The van der Waals surface area contributed by atoms with E-state index in [1.807, 2.05) is 0 Å². The van der Waals surface area contributed by atoms with Crippen LogP contribution in [0.25, 0.3) is 0 Å². The first-order valence-electron chi connectivity index (χ1n) is 7.48. The summed E-state index contributed by atoms with van der Waals surface area (Å²) >= 11 is 3.83. The van der Waals surface area contributed by atoms with Crippen molar-refractivity contribution in [2.75, 3.05) is 13.2 Å². The molecule has 0 amide bonds. The monoisotopic (exact) mass is 338 g/mol. The second-order valence-corrected chi connectivity index (χ2v) is 8.01. The fourth-order valence-electron chi connectivity index (χ4n) is 3.15. The summed E-state index contributed by atoms with van der Waals surface area (Å²) in [5, 5.41) is 0. The van der Waals surface area contributed by atoms with Crippen molar-refractivity contribution in [3.8, 4) is 0 Å². The van der Waals surface area contributed by atoms with Gasteiger partial charge in [-0.2, -0.15) is 0 Å². The van der Waals surface area contributed by atoms with Gasteiger partial charge in [-0.15, -0.1) is 0 Å². The molecular formula is C17H23BrO2. The lowest BCUT2D eigenvalue weighted by Gasteiger charge is -2.49. The minimum atomic E-state index is -0.402. The zero-order valence-electron chi connectivity index (χ0n) is 12.3. The molecule has 1 aliphatic carbocycles. The minimum Gasteiger partial charge on any atom is -0.348 e. The average molecular weight is 339 g/mol. The molecule has 2 atom stereocenters. The van der Waals surface area contributed by atoms with Gasteiger partial charge >= 0.3 is 0 Å². The van der Waals surface area contributed by atoms with Crippen LogP contribution in [0.15, 0.2) is 30.3 Å². The van der Waals surface area contributed by atoms with Crippen LogP contribution < -0.4 is 0 Å². The number of benzene rings is 1. The molecule has 1 heterocycles. The number of ether oxygens (including phenoxy) is 2. The van der Waals surface area contributed by atoms with Crippen molar-refractivity contribution in [2.45, 2.75) is 49.6 Å². The highest BCUT2D eigenvalue weighted by molar-refractivity contribution is 9.09. The van der Waals surface area contributed by atoms with E-state index >= 15 is 0 Å². The summed E-state index contributed by atoms with van der Waals surface area (Å²) < 4.78 is 12.3. The Morgan fingerprint density at radius 1 is 1.10 bits per heavy atom. The van der Waals surface area contributed by atoms with Gasteiger partial charge in [0.25, 0.3) is 0 Å². The SMILES string of the molecule is CC1(C)COC2(CC[C@@H](c3ccccc3)C[C@H]2Br)OC1. The smallest absolute Gasteiger partial charge is 0.180 e. The quantitative estimate of drug-likeness (QED) is 0.702. The molecule has 1 aromatic carbocycles. The Bertz CT molecular complexity index is 447. The van der Waals surface area contributed by atoms with E-state index in [1.165, 1.54) is 5.56 Å². The molecule has 3 rings (SSSR count). The Hall–Kier alpha value is -0.380. The van der Waals surface area contributed by atoms with Gasteiger partial charge in [0.05, 0.1) is 18.0 Å².